The zero-order chi connectivity index (χ0) is 22.6. The number of amides is 2. The molecule has 2 aromatic carbocycles. The molecule has 0 aliphatic carbocycles. The molecule has 0 saturated carbocycles. The van der Waals surface area contributed by atoms with Gasteiger partial charge in [-0.2, -0.15) is 0 Å². The van der Waals surface area contributed by atoms with Crippen LogP contribution in [0.25, 0.3) is 6.08 Å². The fourth-order valence-corrected chi connectivity index (χ4v) is 2.61. The molecule has 0 heterocycles. The van der Waals surface area contributed by atoms with Crippen LogP contribution in [-0.2, 0) is 4.79 Å². The summed E-state index contributed by atoms with van der Waals surface area (Å²) in [5.41, 5.74) is 1.94. The molecule has 0 aromatic heterocycles. The molecule has 0 radical (unpaired) electrons. The van der Waals surface area contributed by atoms with Crippen LogP contribution in [0, 0.1) is 0 Å². The van der Waals surface area contributed by atoms with Crippen molar-refractivity contribution in [2.24, 2.45) is 0 Å². The van der Waals surface area contributed by atoms with E-state index in [1.54, 1.807) is 55.7 Å². The number of carbonyl (C=O) groups excluding carboxylic acids is 2. The second-order valence-electron chi connectivity index (χ2n) is 6.97. The summed E-state index contributed by atoms with van der Waals surface area (Å²) in [5, 5.41) is 5.62. The maximum atomic E-state index is 12.2. The Morgan fingerprint density at radius 3 is 2.48 bits per heavy atom. The number of ether oxygens (including phenoxy) is 2. The summed E-state index contributed by atoms with van der Waals surface area (Å²) in [7, 11) is 5.45. The highest BCUT2D eigenvalue weighted by atomic mass is 16.5. The van der Waals surface area contributed by atoms with Crippen molar-refractivity contribution in [2.75, 3.05) is 46.2 Å². The van der Waals surface area contributed by atoms with Crippen molar-refractivity contribution in [3.8, 4) is 11.5 Å². The van der Waals surface area contributed by atoms with Gasteiger partial charge in [0.25, 0.3) is 5.91 Å². The number of anilines is 1. The number of carbonyl (C=O) groups is 2. The van der Waals surface area contributed by atoms with E-state index in [2.05, 4.69) is 17.2 Å². The van der Waals surface area contributed by atoms with E-state index in [9.17, 15) is 9.59 Å². The van der Waals surface area contributed by atoms with Gasteiger partial charge in [-0.05, 0) is 62.1 Å². The molecule has 2 aromatic rings. The molecular formula is C24H29N3O4. The lowest BCUT2D eigenvalue weighted by molar-refractivity contribution is -0.111. The fraction of sp³-hybridized carbons (Fsp3) is 0.250. The van der Waals surface area contributed by atoms with Crippen molar-refractivity contribution in [2.45, 2.75) is 0 Å². The number of hydrogen-bond donors (Lipinski definition) is 2. The lowest BCUT2D eigenvalue weighted by Crippen LogP contribution is -2.31. The third kappa shape index (κ3) is 7.98. The molecule has 7 nitrogen and oxygen atoms in total. The Kier molecular flexibility index (Phi) is 9.32. The summed E-state index contributed by atoms with van der Waals surface area (Å²) in [4.78, 5) is 26.3. The Morgan fingerprint density at radius 2 is 1.84 bits per heavy atom. The second-order valence-corrected chi connectivity index (χ2v) is 6.97. The zero-order valence-electron chi connectivity index (χ0n) is 18.2. The van der Waals surface area contributed by atoms with Gasteiger partial charge in [-0.25, -0.2) is 0 Å². The Morgan fingerprint density at radius 1 is 1.10 bits per heavy atom. The molecular weight excluding hydrogens is 394 g/mol. The van der Waals surface area contributed by atoms with Gasteiger partial charge in [0.2, 0.25) is 5.91 Å². The van der Waals surface area contributed by atoms with Gasteiger partial charge in [-0.3, -0.25) is 9.59 Å². The van der Waals surface area contributed by atoms with Crippen LogP contribution in [0.15, 0.2) is 61.2 Å². The Balaban J connectivity index is 1.92. The van der Waals surface area contributed by atoms with Crippen LogP contribution >= 0.6 is 0 Å². The van der Waals surface area contributed by atoms with Gasteiger partial charge >= 0.3 is 0 Å². The SMILES string of the molecule is C=CCOc1ccc(/C=C/C(=O)Nc2ccc(C(=O)NCCN(C)C)cc2)cc1OC. The highest BCUT2D eigenvalue weighted by molar-refractivity contribution is 6.02. The fourth-order valence-electron chi connectivity index (χ4n) is 2.61. The van der Waals surface area contributed by atoms with Crippen LogP contribution in [0.3, 0.4) is 0 Å². The third-order valence-electron chi connectivity index (χ3n) is 4.23. The van der Waals surface area contributed by atoms with Gasteiger partial charge < -0.3 is 25.0 Å². The van der Waals surface area contributed by atoms with Gasteiger partial charge in [0.05, 0.1) is 7.11 Å². The maximum absolute atomic E-state index is 12.2. The quantitative estimate of drug-likeness (QED) is 0.429. The standard InChI is InChI=1S/C24H29N3O4/c1-5-16-31-21-12-6-18(17-22(21)30-4)7-13-23(28)26-20-10-8-19(9-11-20)24(29)25-14-15-27(2)3/h5-13,17H,1,14-16H2,2-4H3,(H,25,29)(H,26,28)/b13-7+. The Hall–Kier alpha value is -3.58. The molecule has 0 fully saturated rings. The van der Waals surface area contributed by atoms with E-state index in [1.807, 2.05) is 25.1 Å². The van der Waals surface area contributed by atoms with Gasteiger partial charge in [-0.1, -0.05) is 18.7 Å². The largest absolute Gasteiger partial charge is 0.493 e. The zero-order valence-corrected chi connectivity index (χ0v) is 18.2. The predicted octanol–water partition coefficient (Wildman–Crippen LogP) is 3.20. The van der Waals surface area contributed by atoms with E-state index in [-0.39, 0.29) is 11.8 Å². The monoisotopic (exact) mass is 423 g/mol. The van der Waals surface area contributed by atoms with Crippen molar-refractivity contribution in [3.05, 3.63) is 72.3 Å². The van der Waals surface area contributed by atoms with Crippen LogP contribution in [-0.4, -0.2) is 57.6 Å². The first-order chi connectivity index (χ1) is 14.9. The summed E-state index contributed by atoms with van der Waals surface area (Å²) in [6.45, 7) is 5.34. The highest BCUT2D eigenvalue weighted by Crippen LogP contribution is 2.28. The average molecular weight is 424 g/mol. The first-order valence-electron chi connectivity index (χ1n) is 9.86. The topological polar surface area (TPSA) is 79.9 Å². The summed E-state index contributed by atoms with van der Waals surface area (Å²) < 4.78 is 10.8. The van der Waals surface area contributed by atoms with Crippen LogP contribution in [0.2, 0.25) is 0 Å². The first-order valence-corrected chi connectivity index (χ1v) is 9.86. The Bertz CT molecular complexity index is 921. The number of rotatable bonds is 11. The molecule has 7 heteroatoms. The second kappa shape index (κ2) is 12.2. The van der Waals surface area contributed by atoms with E-state index >= 15 is 0 Å². The smallest absolute Gasteiger partial charge is 0.251 e. The number of likely N-dealkylation sites (N-methyl/N-ethyl adjacent to an activating group) is 1. The number of nitrogens with zero attached hydrogens (tertiary/aromatic N) is 1. The Labute approximate surface area is 183 Å². The van der Waals surface area contributed by atoms with Crippen molar-refractivity contribution >= 4 is 23.6 Å². The average Bonchev–Trinajstić information content (AvgIpc) is 2.76. The van der Waals surface area contributed by atoms with Crippen LogP contribution < -0.4 is 20.1 Å². The minimum Gasteiger partial charge on any atom is -0.493 e. The molecule has 0 unspecified atom stereocenters. The molecule has 0 aliphatic heterocycles. The number of benzene rings is 2. The minimum atomic E-state index is -0.283. The lowest BCUT2D eigenvalue weighted by atomic mass is 10.1. The van der Waals surface area contributed by atoms with Gasteiger partial charge in [0.1, 0.15) is 6.61 Å². The van der Waals surface area contributed by atoms with E-state index < -0.39 is 0 Å². The van der Waals surface area contributed by atoms with Crippen molar-refractivity contribution in [1.29, 1.82) is 0 Å². The summed E-state index contributed by atoms with van der Waals surface area (Å²) in [5.74, 6) is 0.752. The molecule has 0 saturated heterocycles. The van der Waals surface area contributed by atoms with E-state index in [4.69, 9.17) is 9.47 Å². The van der Waals surface area contributed by atoms with Crippen molar-refractivity contribution < 1.29 is 19.1 Å². The van der Waals surface area contributed by atoms with Gasteiger partial charge in [0, 0.05) is 30.4 Å². The molecule has 164 valence electrons. The third-order valence-corrected chi connectivity index (χ3v) is 4.23. The van der Waals surface area contributed by atoms with Crippen LogP contribution in [0.4, 0.5) is 5.69 Å². The first kappa shape index (κ1) is 23.7. The lowest BCUT2D eigenvalue weighted by Gasteiger charge is -2.10. The normalized spacial score (nSPS) is 10.7. The number of methoxy groups -OCH3 is 1. The molecule has 31 heavy (non-hydrogen) atoms. The number of nitrogens with one attached hydrogen (secondary N) is 2. The van der Waals surface area contributed by atoms with Gasteiger partial charge in [0.15, 0.2) is 11.5 Å². The molecule has 2 N–H and O–H groups in total. The highest BCUT2D eigenvalue weighted by Gasteiger charge is 2.07. The minimum absolute atomic E-state index is 0.144. The maximum Gasteiger partial charge on any atom is 0.251 e. The molecule has 2 rings (SSSR count). The molecule has 0 aliphatic rings. The molecule has 0 spiro atoms. The van der Waals surface area contributed by atoms with Gasteiger partial charge in [-0.15, -0.1) is 0 Å². The van der Waals surface area contributed by atoms with Crippen LogP contribution in [0.1, 0.15) is 15.9 Å². The summed E-state index contributed by atoms with van der Waals surface area (Å²) >= 11 is 0. The van der Waals surface area contributed by atoms with E-state index in [0.717, 1.165) is 12.1 Å². The van der Waals surface area contributed by atoms with Crippen molar-refractivity contribution in [3.63, 3.8) is 0 Å². The summed E-state index contributed by atoms with van der Waals surface area (Å²) in [6, 6.07) is 12.1. The molecule has 2 amide bonds. The van der Waals surface area contributed by atoms with E-state index in [0.29, 0.717) is 35.9 Å². The summed E-state index contributed by atoms with van der Waals surface area (Å²) in [6.07, 6.45) is 4.77. The van der Waals surface area contributed by atoms with Crippen LogP contribution in [0.5, 0.6) is 11.5 Å². The number of hydrogen-bond acceptors (Lipinski definition) is 5. The van der Waals surface area contributed by atoms with Crippen molar-refractivity contribution in [1.82, 2.24) is 10.2 Å². The van der Waals surface area contributed by atoms with E-state index in [1.165, 1.54) is 6.08 Å². The predicted molar refractivity (Wildman–Crippen MR) is 124 cm³/mol. The molecule has 0 bridgehead atoms. The molecule has 0 atom stereocenters.